The number of methoxy groups -OCH3 is 1. The van der Waals surface area contributed by atoms with E-state index >= 15 is 0 Å². The molecule has 6 nitrogen and oxygen atoms in total. The van der Waals surface area contributed by atoms with E-state index in [2.05, 4.69) is 17.0 Å². The highest BCUT2D eigenvalue weighted by atomic mass is 16.5. The van der Waals surface area contributed by atoms with Gasteiger partial charge in [-0.3, -0.25) is 9.69 Å². The summed E-state index contributed by atoms with van der Waals surface area (Å²) in [6, 6.07) is 8.22. The molecule has 1 aromatic rings. The molecular formula is C21H30N2O4. The van der Waals surface area contributed by atoms with Gasteiger partial charge in [0.15, 0.2) is 0 Å². The first-order valence-corrected chi connectivity index (χ1v) is 10.0. The van der Waals surface area contributed by atoms with Crippen molar-refractivity contribution in [1.82, 2.24) is 9.80 Å². The summed E-state index contributed by atoms with van der Waals surface area (Å²) in [5.41, 5.74) is 1.17. The van der Waals surface area contributed by atoms with Crippen LogP contribution in [-0.4, -0.2) is 74.4 Å². The van der Waals surface area contributed by atoms with Crippen molar-refractivity contribution in [3.63, 3.8) is 0 Å². The van der Waals surface area contributed by atoms with Gasteiger partial charge in [0.2, 0.25) is 5.91 Å². The predicted molar refractivity (Wildman–Crippen MR) is 102 cm³/mol. The summed E-state index contributed by atoms with van der Waals surface area (Å²) in [5.74, 6) is 1.41. The molecule has 6 heteroatoms. The molecule has 3 heterocycles. The number of nitrogens with zero attached hydrogens (tertiary/aromatic N) is 2. The van der Waals surface area contributed by atoms with Gasteiger partial charge in [-0.2, -0.15) is 0 Å². The summed E-state index contributed by atoms with van der Waals surface area (Å²) in [4.78, 5) is 16.4. The number of hydrogen-bond acceptors (Lipinski definition) is 5. The summed E-state index contributed by atoms with van der Waals surface area (Å²) in [6.07, 6.45) is 3.26. The number of ether oxygens (including phenoxy) is 3. The van der Waals surface area contributed by atoms with E-state index in [1.54, 1.807) is 7.11 Å². The lowest BCUT2D eigenvalue weighted by molar-refractivity contribution is -0.151. The first kappa shape index (κ1) is 18.7. The molecule has 3 aliphatic heterocycles. The van der Waals surface area contributed by atoms with Gasteiger partial charge in [-0.1, -0.05) is 12.1 Å². The summed E-state index contributed by atoms with van der Waals surface area (Å²) < 4.78 is 17.2. The Labute approximate surface area is 161 Å². The van der Waals surface area contributed by atoms with Crippen LogP contribution >= 0.6 is 0 Å². The first-order chi connectivity index (χ1) is 13.2. The number of benzene rings is 1. The van der Waals surface area contributed by atoms with Crippen molar-refractivity contribution < 1.29 is 19.0 Å². The first-order valence-electron chi connectivity index (χ1n) is 10.0. The Bertz CT molecular complexity index is 653. The Morgan fingerprint density at radius 1 is 1.30 bits per heavy atom. The predicted octanol–water partition coefficient (Wildman–Crippen LogP) is 1.93. The smallest absolute Gasteiger partial charge is 0.248 e. The molecule has 1 spiro atoms. The highest BCUT2D eigenvalue weighted by Gasteiger charge is 2.52. The second-order valence-corrected chi connectivity index (χ2v) is 8.00. The van der Waals surface area contributed by atoms with E-state index in [9.17, 15) is 4.79 Å². The van der Waals surface area contributed by atoms with E-state index in [0.717, 1.165) is 64.3 Å². The molecule has 1 atom stereocenters. The fraction of sp³-hybridized carbons (Fsp3) is 0.667. The third-order valence-electron chi connectivity index (χ3n) is 6.13. The molecule has 3 aliphatic rings. The zero-order valence-electron chi connectivity index (χ0n) is 16.2. The molecule has 27 heavy (non-hydrogen) atoms. The van der Waals surface area contributed by atoms with Crippen LogP contribution in [0.25, 0.3) is 0 Å². The van der Waals surface area contributed by atoms with Crippen molar-refractivity contribution in [2.24, 2.45) is 5.92 Å². The third-order valence-corrected chi connectivity index (χ3v) is 6.13. The molecule has 4 rings (SSSR count). The minimum atomic E-state index is -0.0877. The molecule has 3 fully saturated rings. The number of carbonyl (C=O) groups is 1. The fourth-order valence-electron chi connectivity index (χ4n) is 4.57. The Hall–Kier alpha value is -1.63. The molecule has 1 aromatic carbocycles. The average molecular weight is 374 g/mol. The van der Waals surface area contributed by atoms with E-state index in [-0.39, 0.29) is 18.1 Å². The molecule has 148 valence electrons. The number of carbonyl (C=O) groups excluding carboxylic acids is 1. The number of likely N-dealkylation sites (tertiary alicyclic amines) is 2. The molecule has 0 unspecified atom stereocenters. The number of rotatable bonds is 7. The number of hydrogen-bond donors (Lipinski definition) is 0. The van der Waals surface area contributed by atoms with E-state index in [4.69, 9.17) is 14.2 Å². The Morgan fingerprint density at radius 3 is 2.89 bits per heavy atom. The molecular weight excluding hydrogens is 344 g/mol. The summed E-state index contributed by atoms with van der Waals surface area (Å²) in [5, 5.41) is 0. The maximum Gasteiger partial charge on any atom is 0.248 e. The molecule has 3 saturated heterocycles. The summed E-state index contributed by atoms with van der Waals surface area (Å²) in [6.45, 7) is 6.16. The Morgan fingerprint density at radius 2 is 2.11 bits per heavy atom. The van der Waals surface area contributed by atoms with Crippen molar-refractivity contribution in [2.45, 2.75) is 31.4 Å². The van der Waals surface area contributed by atoms with Crippen LogP contribution < -0.4 is 4.74 Å². The van der Waals surface area contributed by atoms with Crippen molar-refractivity contribution in [3.05, 3.63) is 29.8 Å². The fourth-order valence-corrected chi connectivity index (χ4v) is 4.57. The van der Waals surface area contributed by atoms with Crippen LogP contribution in [0.1, 0.15) is 24.8 Å². The van der Waals surface area contributed by atoms with Gasteiger partial charge in [-0.05, 0) is 37.0 Å². The monoisotopic (exact) mass is 374 g/mol. The van der Waals surface area contributed by atoms with Gasteiger partial charge in [-0.25, -0.2) is 0 Å². The van der Waals surface area contributed by atoms with Crippen molar-refractivity contribution in [3.8, 4) is 5.75 Å². The Kier molecular flexibility index (Phi) is 5.66. The van der Waals surface area contributed by atoms with Crippen LogP contribution in [0.5, 0.6) is 5.75 Å². The summed E-state index contributed by atoms with van der Waals surface area (Å²) >= 11 is 0. The van der Waals surface area contributed by atoms with Crippen molar-refractivity contribution in [1.29, 1.82) is 0 Å². The van der Waals surface area contributed by atoms with Crippen LogP contribution in [0.3, 0.4) is 0 Å². The molecule has 0 saturated carbocycles. The zero-order chi connectivity index (χ0) is 18.7. The molecule has 0 N–H and O–H groups in total. The zero-order valence-corrected chi connectivity index (χ0v) is 16.2. The Balaban J connectivity index is 1.23. The highest BCUT2D eigenvalue weighted by Crippen LogP contribution is 2.40. The van der Waals surface area contributed by atoms with Crippen LogP contribution in [0.15, 0.2) is 24.3 Å². The van der Waals surface area contributed by atoms with Gasteiger partial charge in [0.25, 0.3) is 0 Å². The lowest BCUT2D eigenvalue weighted by Crippen LogP contribution is -2.64. The topological polar surface area (TPSA) is 51.2 Å². The highest BCUT2D eigenvalue weighted by molar-refractivity contribution is 5.77. The largest absolute Gasteiger partial charge is 0.497 e. The lowest BCUT2D eigenvalue weighted by Gasteiger charge is -2.50. The minimum absolute atomic E-state index is 0.0877. The van der Waals surface area contributed by atoms with Crippen molar-refractivity contribution in [2.75, 3.05) is 53.1 Å². The van der Waals surface area contributed by atoms with E-state index in [1.165, 1.54) is 5.56 Å². The molecule has 0 bridgehead atoms. The number of amides is 1. The van der Waals surface area contributed by atoms with E-state index in [1.807, 2.05) is 17.0 Å². The van der Waals surface area contributed by atoms with Gasteiger partial charge in [0.05, 0.1) is 19.3 Å². The van der Waals surface area contributed by atoms with E-state index in [0.29, 0.717) is 12.5 Å². The van der Waals surface area contributed by atoms with Crippen LogP contribution in [-0.2, 0) is 20.8 Å². The second-order valence-electron chi connectivity index (χ2n) is 8.00. The average Bonchev–Trinajstić information content (AvgIpc) is 3.32. The van der Waals surface area contributed by atoms with Crippen LogP contribution in [0.2, 0.25) is 0 Å². The van der Waals surface area contributed by atoms with E-state index < -0.39 is 0 Å². The SMILES string of the molecule is COc1cccc(CN2CC3(C2)OCC[C@H]3COCC(=O)N2CCCC2)c1. The van der Waals surface area contributed by atoms with Crippen molar-refractivity contribution >= 4 is 5.91 Å². The maximum atomic E-state index is 12.1. The minimum Gasteiger partial charge on any atom is -0.497 e. The van der Waals surface area contributed by atoms with Crippen LogP contribution in [0, 0.1) is 5.92 Å². The van der Waals surface area contributed by atoms with Gasteiger partial charge < -0.3 is 19.1 Å². The standard InChI is InChI=1S/C21H30N2O4/c1-25-19-6-4-5-17(11-19)12-22-15-21(16-22)18(7-10-27-21)13-26-14-20(24)23-8-2-3-9-23/h4-6,11,18H,2-3,7-10,12-16H2,1H3/t18-/m0/s1. The lowest BCUT2D eigenvalue weighted by atomic mass is 9.81. The second kappa shape index (κ2) is 8.17. The maximum absolute atomic E-state index is 12.1. The molecule has 0 aromatic heterocycles. The molecule has 0 aliphatic carbocycles. The quantitative estimate of drug-likeness (QED) is 0.730. The van der Waals surface area contributed by atoms with Gasteiger partial charge in [0, 0.05) is 45.2 Å². The molecule has 0 radical (unpaired) electrons. The van der Waals surface area contributed by atoms with Gasteiger partial charge >= 0.3 is 0 Å². The summed E-state index contributed by atoms with van der Waals surface area (Å²) in [7, 11) is 1.70. The van der Waals surface area contributed by atoms with Gasteiger partial charge in [-0.15, -0.1) is 0 Å². The molecule has 1 amide bonds. The third kappa shape index (κ3) is 4.13. The van der Waals surface area contributed by atoms with Crippen LogP contribution in [0.4, 0.5) is 0 Å². The van der Waals surface area contributed by atoms with Gasteiger partial charge in [0.1, 0.15) is 12.4 Å². The normalized spacial score (nSPS) is 24.3.